The summed E-state index contributed by atoms with van der Waals surface area (Å²) in [6, 6.07) is 15.9. The van der Waals surface area contributed by atoms with Crippen molar-refractivity contribution in [2.24, 2.45) is 0 Å². The lowest BCUT2D eigenvalue weighted by Crippen LogP contribution is -2.36. The Kier molecular flexibility index (Phi) is 8.02. The van der Waals surface area contributed by atoms with E-state index in [9.17, 15) is 9.18 Å². The van der Waals surface area contributed by atoms with Crippen molar-refractivity contribution in [3.8, 4) is 0 Å². The molecule has 0 radical (unpaired) electrons. The minimum Gasteiger partial charge on any atom is -0.342 e. The Balaban J connectivity index is 1.18. The molecule has 3 aromatic rings. The van der Waals surface area contributed by atoms with Crippen molar-refractivity contribution in [1.29, 1.82) is 0 Å². The van der Waals surface area contributed by atoms with Crippen LogP contribution >= 0.6 is 0 Å². The van der Waals surface area contributed by atoms with Crippen molar-refractivity contribution in [2.75, 3.05) is 44.6 Å². The fourth-order valence-corrected chi connectivity index (χ4v) is 5.93. The van der Waals surface area contributed by atoms with E-state index in [1.54, 1.807) is 12.1 Å². The summed E-state index contributed by atoms with van der Waals surface area (Å²) in [4.78, 5) is 17.6. The Bertz CT molecular complexity index is 1160. The Labute approximate surface area is 214 Å². The van der Waals surface area contributed by atoms with Crippen LogP contribution in [0.3, 0.4) is 0 Å². The van der Waals surface area contributed by atoms with Crippen LogP contribution in [0.15, 0.2) is 48.5 Å². The fourth-order valence-electron chi connectivity index (χ4n) is 5.93. The van der Waals surface area contributed by atoms with Gasteiger partial charge in [0.05, 0.1) is 5.52 Å². The van der Waals surface area contributed by atoms with Crippen LogP contribution in [-0.4, -0.2) is 59.5 Å². The molecular formula is C30H39FN4O. The van der Waals surface area contributed by atoms with Crippen LogP contribution in [0.25, 0.3) is 10.9 Å². The maximum Gasteiger partial charge on any atom is 0.225 e. The number of nitrogens with zero attached hydrogens (tertiary/aromatic N) is 3. The van der Waals surface area contributed by atoms with Gasteiger partial charge in [0.15, 0.2) is 0 Å². The van der Waals surface area contributed by atoms with Gasteiger partial charge >= 0.3 is 0 Å². The number of fused-ring (bicyclic) bond motifs is 1. The molecule has 0 aliphatic carbocycles. The maximum atomic E-state index is 13.2. The average molecular weight is 491 g/mol. The molecule has 2 aliphatic rings. The molecule has 36 heavy (non-hydrogen) atoms. The number of hydrogen-bond acceptors (Lipinski definition) is 3. The molecule has 1 N–H and O–H groups in total. The van der Waals surface area contributed by atoms with Crippen LogP contribution < -0.4 is 5.32 Å². The van der Waals surface area contributed by atoms with Gasteiger partial charge in [-0.05, 0) is 88.0 Å². The topological polar surface area (TPSA) is 40.5 Å². The van der Waals surface area contributed by atoms with Crippen LogP contribution in [0.2, 0.25) is 0 Å². The number of amides is 1. The molecule has 2 aliphatic heterocycles. The molecule has 0 spiro atoms. The Morgan fingerprint density at radius 1 is 0.917 bits per heavy atom. The highest BCUT2D eigenvalue weighted by atomic mass is 19.1. The van der Waals surface area contributed by atoms with Gasteiger partial charge in [-0.25, -0.2) is 4.39 Å². The molecule has 1 amide bonds. The van der Waals surface area contributed by atoms with Gasteiger partial charge < -0.3 is 19.7 Å². The van der Waals surface area contributed by atoms with E-state index in [0.29, 0.717) is 12.5 Å². The molecule has 5 rings (SSSR count). The van der Waals surface area contributed by atoms with Gasteiger partial charge in [0.1, 0.15) is 5.82 Å². The molecule has 0 atom stereocenters. The van der Waals surface area contributed by atoms with Crippen molar-refractivity contribution >= 4 is 22.5 Å². The third-order valence-corrected chi connectivity index (χ3v) is 7.97. The van der Waals surface area contributed by atoms with Gasteiger partial charge in [0.25, 0.3) is 0 Å². The molecule has 3 heterocycles. The molecule has 5 nitrogen and oxygen atoms in total. The van der Waals surface area contributed by atoms with Crippen molar-refractivity contribution in [3.63, 3.8) is 0 Å². The van der Waals surface area contributed by atoms with Crippen LogP contribution in [0, 0.1) is 12.7 Å². The second-order valence-corrected chi connectivity index (χ2v) is 10.6. The van der Waals surface area contributed by atoms with Crippen molar-refractivity contribution in [2.45, 2.75) is 57.9 Å². The summed E-state index contributed by atoms with van der Waals surface area (Å²) >= 11 is 0. The van der Waals surface area contributed by atoms with Gasteiger partial charge in [-0.3, -0.25) is 4.79 Å². The van der Waals surface area contributed by atoms with Crippen LogP contribution in [-0.2, 0) is 11.2 Å². The standard InChI is InChI=1S/C30H39FN4O/c1-23-21-25-7-10-27(32-30(36)14-20-33-15-3-2-4-16-33)22-29(25)35(23)28-12-18-34(19-13-28)17-11-24-5-8-26(31)9-6-24/h5-10,21-22,28H,2-4,11-20H2,1H3,(H,32,36). The van der Waals surface area contributed by atoms with E-state index >= 15 is 0 Å². The predicted octanol–water partition coefficient (Wildman–Crippen LogP) is 5.78. The molecule has 0 unspecified atom stereocenters. The van der Waals surface area contributed by atoms with E-state index in [0.717, 1.165) is 64.2 Å². The first-order valence-corrected chi connectivity index (χ1v) is 13.7. The second kappa shape index (κ2) is 11.6. The molecular weight excluding hydrogens is 451 g/mol. The lowest BCUT2D eigenvalue weighted by atomic mass is 10.0. The first-order valence-electron chi connectivity index (χ1n) is 13.7. The van der Waals surface area contributed by atoms with E-state index in [1.807, 2.05) is 18.2 Å². The number of hydrogen-bond donors (Lipinski definition) is 1. The van der Waals surface area contributed by atoms with Gasteiger partial charge in [-0.15, -0.1) is 0 Å². The zero-order valence-electron chi connectivity index (χ0n) is 21.5. The molecule has 6 heteroatoms. The summed E-state index contributed by atoms with van der Waals surface area (Å²) in [7, 11) is 0. The van der Waals surface area contributed by atoms with Crippen LogP contribution in [0.5, 0.6) is 0 Å². The number of aryl methyl sites for hydroxylation is 1. The lowest BCUT2D eigenvalue weighted by molar-refractivity contribution is -0.116. The van der Waals surface area contributed by atoms with E-state index in [-0.39, 0.29) is 11.7 Å². The third kappa shape index (κ3) is 6.16. The van der Waals surface area contributed by atoms with Crippen molar-refractivity contribution < 1.29 is 9.18 Å². The number of nitrogens with one attached hydrogen (secondary N) is 1. The highest BCUT2D eigenvalue weighted by molar-refractivity contribution is 5.94. The zero-order valence-corrected chi connectivity index (χ0v) is 21.5. The minimum atomic E-state index is -0.172. The van der Waals surface area contributed by atoms with Gasteiger partial charge in [-0.2, -0.15) is 0 Å². The molecule has 192 valence electrons. The highest BCUT2D eigenvalue weighted by Gasteiger charge is 2.23. The summed E-state index contributed by atoms with van der Waals surface area (Å²) in [6.07, 6.45) is 7.55. The lowest BCUT2D eigenvalue weighted by Gasteiger charge is -2.34. The Morgan fingerprint density at radius 3 is 2.39 bits per heavy atom. The molecule has 1 aromatic heterocycles. The first kappa shape index (κ1) is 25.0. The van der Waals surface area contributed by atoms with E-state index in [4.69, 9.17) is 0 Å². The zero-order chi connectivity index (χ0) is 24.9. The number of piperidine rings is 2. The number of aromatic nitrogens is 1. The van der Waals surface area contributed by atoms with Crippen LogP contribution in [0.4, 0.5) is 10.1 Å². The second-order valence-electron chi connectivity index (χ2n) is 10.6. The molecule has 0 saturated carbocycles. The van der Waals surface area contributed by atoms with Gasteiger partial charge in [0, 0.05) is 55.4 Å². The number of rotatable bonds is 8. The first-order chi connectivity index (χ1) is 17.5. The van der Waals surface area contributed by atoms with Crippen LogP contribution in [0.1, 0.15) is 55.8 Å². The predicted molar refractivity (Wildman–Crippen MR) is 145 cm³/mol. The number of carbonyl (C=O) groups is 1. The van der Waals surface area contributed by atoms with E-state index < -0.39 is 0 Å². The van der Waals surface area contributed by atoms with Crippen molar-refractivity contribution in [3.05, 3.63) is 65.6 Å². The summed E-state index contributed by atoms with van der Waals surface area (Å²) < 4.78 is 15.6. The van der Waals surface area contributed by atoms with E-state index in [2.05, 4.69) is 44.8 Å². The largest absolute Gasteiger partial charge is 0.342 e. The van der Waals surface area contributed by atoms with Crippen molar-refractivity contribution in [1.82, 2.24) is 14.4 Å². The summed E-state index contributed by atoms with van der Waals surface area (Å²) in [5.41, 5.74) is 4.58. The number of benzene rings is 2. The number of anilines is 1. The minimum absolute atomic E-state index is 0.101. The molecule has 2 fully saturated rings. The monoisotopic (exact) mass is 490 g/mol. The smallest absolute Gasteiger partial charge is 0.225 e. The number of carbonyl (C=O) groups excluding carboxylic acids is 1. The number of halogens is 1. The Morgan fingerprint density at radius 2 is 1.64 bits per heavy atom. The quantitative estimate of drug-likeness (QED) is 0.435. The maximum absolute atomic E-state index is 13.2. The molecule has 2 saturated heterocycles. The van der Waals surface area contributed by atoms with Gasteiger partial charge in [-0.1, -0.05) is 24.6 Å². The normalized spacial score (nSPS) is 18.1. The fraction of sp³-hybridized carbons (Fsp3) is 0.500. The molecule has 2 aromatic carbocycles. The third-order valence-electron chi connectivity index (χ3n) is 7.97. The van der Waals surface area contributed by atoms with Gasteiger partial charge in [0.2, 0.25) is 5.91 Å². The molecule has 0 bridgehead atoms. The van der Waals surface area contributed by atoms with E-state index in [1.165, 1.54) is 41.4 Å². The summed E-state index contributed by atoms with van der Waals surface area (Å²) in [5.74, 6) is -0.0710. The highest BCUT2D eigenvalue weighted by Crippen LogP contribution is 2.32. The average Bonchev–Trinajstić information content (AvgIpc) is 3.23. The summed E-state index contributed by atoms with van der Waals surface area (Å²) in [6.45, 7) is 8.43. The number of likely N-dealkylation sites (tertiary alicyclic amines) is 2. The summed E-state index contributed by atoms with van der Waals surface area (Å²) in [5, 5.41) is 4.38. The SMILES string of the molecule is Cc1cc2ccc(NC(=O)CCN3CCCCC3)cc2n1C1CCN(CCc2ccc(F)cc2)CC1. The Hall–Kier alpha value is -2.70.